The SMILES string of the molecule is C[C@H]1Sc2nnc(-c3ccc(Cl)cc3)n2N=C1c1ccccc1O. The number of phenols is 1. The molecule has 0 amide bonds. The minimum absolute atomic E-state index is 0.0630. The number of thioether (sulfide) groups is 1. The third kappa shape index (κ3) is 2.57. The van der Waals surface area contributed by atoms with Gasteiger partial charge >= 0.3 is 0 Å². The number of halogens is 1. The molecule has 1 aliphatic rings. The summed E-state index contributed by atoms with van der Waals surface area (Å²) in [5.41, 5.74) is 2.40. The molecule has 0 saturated heterocycles. The van der Waals surface area contributed by atoms with Gasteiger partial charge in [-0.05, 0) is 43.3 Å². The van der Waals surface area contributed by atoms with Gasteiger partial charge in [0.15, 0.2) is 5.82 Å². The first-order chi connectivity index (χ1) is 11.6. The van der Waals surface area contributed by atoms with Crippen molar-refractivity contribution in [2.45, 2.75) is 17.3 Å². The third-order valence-corrected chi connectivity index (χ3v) is 5.06. The summed E-state index contributed by atoms with van der Waals surface area (Å²) in [6.07, 6.45) is 0. The Morgan fingerprint density at radius 2 is 1.83 bits per heavy atom. The van der Waals surface area contributed by atoms with Crippen LogP contribution in [0.2, 0.25) is 5.02 Å². The molecule has 0 radical (unpaired) electrons. The van der Waals surface area contributed by atoms with Crippen LogP contribution in [0.5, 0.6) is 5.75 Å². The molecule has 7 heteroatoms. The molecule has 2 heterocycles. The van der Waals surface area contributed by atoms with E-state index in [-0.39, 0.29) is 11.0 Å². The van der Waals surface area contributed by atoms with Crippen LogP contribution in [-0.4, -0.2) is 30.9 Å². The van der Waals surface area contributed by atoms with Crippen molar-refractivity contribution in [3.8, 4) is 17.1 Å². The van der Waals surface area contributed by atoms with Gasteiger partial charge in [-0.15, -0.1) is 10.2 Å². The van der Waals surface area contributed by atoms with E-state index in [4.69, 9.17) is 16.7 Å². The van der Waals surface area contributed by atoms with Crippen molar-refractivity contribution in [3.05, 3.63) is 59.1 Å². The van der Waals surface area contributed by atoms with Gasteiger partial charge in [0.05, 0.1) is 11.0 Å². The molecule has 3 aromatic rings. The highest BCUT2D eigenvalue weighted by molar-refractivity contribution is 8.00. The lowest BCUT2D eigenvalue weighted by atomic mass is 10.1. The number of para-hydroxylation sites is 1. The Balaban J connectivity index is 1.85. The van der Waals surface area contributed by atoms with Crippen molar-refractivity contribution < 1.29 is 5.11 Å². The molecule has 120 valence electrons. The highest BCUT2D eigenvalue weighted by Gasteiger charge is 2.27. The van der Waals surface area contributed by atoms with Gasteiger partial charge in [0.2, 0.25) is 5.16 Å². The Kier molecular flexibility index (Phi) is 3.78. The largest absolute Gasteiger partial charge is 0.507 e. The van der Waals surface area contributed by atoms with Crippen molar-refractivity contribution in [2.75, 3.05) is 0 Å². The minimum atomic E-state index is 0.0630. The van der Waals surface area contributed by atoms with Crippen molar-refractivity contribution >= 4 is 29.1 Å². The van der Waals surface area contributed by atoms with Crippen LogP contribution in [0.25, 0.3) is 11.4 Å². The third-order valence-electron chi connectivity index (χ3n) is 3.77. The first kappa shape index (κ1) is 15.2. The van der Waals surface area contributed by atoms with Gasteiger partial charge in [-0.25, -0.2) is 0 Å². The normalized spacial score (nSPS) is 16.6. The van der Waals surface area contributed by atoms with Crippen LogP contribution < -0.4 is 0 Å². The zero-order valence-electron chi connectivity index (χ0n) is 12.7. The fraction of sp³-hybridized carbons (Fsp3) is 0.118. The molecular formula is C17H13ClN4OS. The standard InChI is InChI=1S/C17H13ClN4OS/c1-10-15(13-4-2-3-5-14(13)23)21-22-16(19-20-17(22)24-10)11-6-8-12(18)9-7-11/h2-10,23H,1H3/t10-/m1/s1. The summed E-state index contributed by atoms with van der Waals surface area (Å²) in [4.78, 5) is 0. The molecule has 0 aliphatic carbocycles. The summed E-state index contributed by atoms with van der Waals surface area (Å²) < 4.78 is 1.72. The summed E-state index contributed by atoms with van der Waals surface area (Å²) in [7, 11) is 0. The average Bonchev–Trinajstić information content (AvgIpc) is 2.98. The highest BCUT2D eigenvalue weighted by atomic mass is 35.5. The van der Waals surface area contributed by atoms with Crippen molar-refractivity contribution in [2.24, 2.45) is 5.10 Å². The average molecular weight is 357 g/mol. The fourth-order valence-corrected chi connectivity index (χ4v) is 3.62. The summed E-state index contributed by atoms with van der Waals surface area (Å²) >= 11 is 7.52. The van der Waals surface area contributed by atoms with Gasteiger partial charge in [0, 0.05) is 16.1 Å². The number of fused-ring (bicyclic) bond motifs is 1. The molecule has 2 aromatic carbocycles. The van der Waals surface area contributed by atoms with E-state index in [0.29, 0.717) is 10.8 Å². The Labute approximate surface area is 148 Å². The second kappa shape index (κ2) is 5.96. The van der Waals surface area contributed by atoms with Gasteiger partial charge in [0.25, 0.3) is 0 Å². The molecule has 4 rings (SSSR count). The first-order valence-corrected chi connectivity index (χ1v) is 8.64. The first-order valence-electron chi connectivity index (χ1n) is 7.39. The number of aromatic hydroxyl groups is 1. The predicted molar refractivity (Wildman–Crippen MR) is 95.8 cm³/mol. The maximum absolute atomic E-state index is 10.2. The van der Waals surface area contributed by atoms with Crippen molar-refractivity contribution in [1.82, 2.24) is 14.9 Å². The molecule has 1 aromatic heterocycles. The van der Waals surface area contributed by atoms with E-state index in [1.807, 2.05) is 43.3 Å². The van der Waals surface area contributed by atoms with Gasteiger partial charge < -0.3 is 5.11 Å². The van der Waals surface area contributed by atoms with Gasteiger partial charge in [-0.3, -0.25) is 0 Å². The molecule has 24 heavy (non-hydrogen) atoms. The van der Waals surface area contributed by atoms with E-state index >= 15 is 0 Å². The number of rotatable bonds is 2. The Morgan fingerprint density at radius 1 is 1.08 bits per heavy atom. The van der Waals surface area contributed by atoms with Gasteiger partial charge in [-0.1, -0.05) is 35.5 Å². The van der Waals surface area contributed by atoms with Crippen molar-refractivity contribution in [3.63, 3.8) is 0 Å². The summed E-state index contributed by atoms with van der Waals surface area (Å²) in [6.45, 7) is 2.04. The molecule has 0 fully saturated rings. The molecular weight excluding hydrogens is 344 g/mol. The van der Waals surface area contributed by atoms with Crippen LogP contribution in [-0.2, 0) is 0 Å². The second-order valence-electron chi connectivity index (χ2n) is 5.39. The predicted octanol–water partition coefficient (Wildman–Crippen LogP) is 4.05. The fourth-order valence-electron chi connectivity index (χ4n) is 2.57. The van der Waals surface area contributed by atoms with E-state index in [1.165, 1.54) is 0 Å². The molecule has 5 nitrogen and oxygen atoms in total. The lowest BCUT2D eigenvalue weighted by molar-refractivity contribution is 0.474. The Hall–Kier alpha value is -2.31. The molecule has 0 unspecified atom stereocenters. The zero-order chi connectivity index (χ0) is 16.7. The summed E-state index contributed by atoms with van der Waals surface area (Å²) in [5.74, 6) is 0.863. The van der Waals surface area contributed by atoms with Gasteiger partial charge in [0.1, 0.15) is 5.75 Å². The zero-order valence-corrected chi connectivity index (χ0v) is 14.3. The second-order valence-corrected chi connectivity index (χ2v) is 7.13. The van der Waals surface area contributed by atoms with Crippen LogP contribution in [0.15, 0.2) is 58.8 Å². The Bertz CT molecular complexity index is 936. The van der Waals surface area contributed by atoms with Crippen LogP contribution >= 0.6 is 23.4 Å². The van der Waals surface area contributed by atoms with E-state index in [0.717, 1.165) is 22.0 Å². The Morgan fingerprint density at radius 3 is 2.58 bits per heavy atom. The molecule has 1 aliphatic heterocycles. The number of aromatic nitrogens is 3. The molecule has 0 spiro atoms. The van der Waals surface area contributed by atoms with E-state index in [1.54, 1.807) is 28.6 Å². The van der Waals surface area contributed by atoms with Crippen molar-refractivity contribution in [1.29, 1.82) is 0 Å². The molecule has 1 N–H and O–H groups in total. The van der Waals surface area contributed by atoms with E-state index in [2.05, 4.69) is 10.2 Å². The maximum atomic E-state index is 10.2. The minimum Gasteiger partial charge on any atom is -0.507 e. The quantitative estimate of drug-likeness (QED) is 0.752. The highest BCUT2D eigenvalue weighted by Crippen LogP contribution is 2.34. The monoisotopic (exact) mass is 356 g/mol. The summed E-state index contributed by atoms with van der Waals surface area (Å²) in [5, 5.41) is 24.8. The van der Waals surface area contributed by atoms with E-state index in [9.17, 15) is 5.11 Å². The molecule has 1 atom stereocenters. The number of hydrogen-bond donors (Lipinski definition) is 1. The van der Waals surface area contributed by atoms with Crippen LogP contribution in [0.4, 0.5) is 0 Å². The number of phenolic OH excluding ortho intramolecular Hbond substituents is 1. The lowest BCUT2D eigenvalue weighted by Gasteiger charge is -2.20. The van der Waals surface area contributed by atoms with Crippen LogP contribution in [0, 0.1) is 0 Å². The molecule has 0 saturated carbocycles. The van der Waals surface area contributed by atoms with Gasteiger partial charge in [-0.2, -0.15) is 9.78 Å². The lowest BCUT2D eigenvalue weighted by Crippen LogP contribution is -2.21. The number of nitrogens with zero attached hydrogens (tertiary/aromatic N) is 4. The number of hydrogen-bond acceptors (Lipinski definition) is 5. The molecule has 0 bridgehead atoms. The number of benzene rings is 2. The maximum Gasteiger partial charge on any atom is 0.213 e. The van der Waals surface area contributed by atoms with Crippen LogP contribution in [0.3, 0.4) is 0 Å². The summed E-state index contributed by atoms with van der Waals surface area (Å²) in [6, 6.07) is 14.6. The smallest absolute Gasteiger partial charge is 0.213 e. The van der Waals surface area contributed by atoms with Crippen LogP contribution in [0.1, 0.15) is 12.5 Å². The topological polar surface area (TPSA) is 63.3 Å². The van der Waals surface area contributed by atoms with E-state index < -0.39 is 0 Å².